The van der Waals surface area contributed by atoms with Crippen molar-refractivity contribution in [2.24, 2.45) is 0 Å². The van der Waals surface area contributed by atoms with Gasteiger partial charge in [0, 0.05) is 13.1 Å². The highest BCUT2D eigenvalue weighted by Crippen LogP contribution is 2.32. The largest absolute Gasteiger partial charge is 0.444 e. The van der Waals surface area contributed by atoms with E-state index in [4.69, 9.17) is 14.5 Å². The van der Waals surface area contributed by atoms with Gasteiger partial charge in [0.25, 0.3) is 0 Å². The molecule has 0 radical (unpaired) electrons. The fourth-order valence-electron chi connectivity index (χ4n) is 2.87. The number of rotatable bonds is 3. The minimum atomic E-state index is -0.558. The molecule has 3 aromatic rings. The Hall–Kier alpha value is -2.85. The molecule has 1 amide bonds. The first-order valence-corrected chi connectivity index (χ1v) is 10.1. The van der Waals surface area contributed by atoms with Crippen molar-refractivity contribution in [3.63, 3.8) is 0 Å². The Kier molecular flexibility index (Phi) is 5.29. The first-order chi connectivity index (χ1) is 13.9. The lowest BCUT2D eigenvalue weighted by molar-refractivity contribution is 0.0636. The van der Waals surface area contributed by atoms with E-state index in [1.165, 1.54) is 11.3 Å². The maximum absolute atomic E-state index is 11.9. The summed E-state index contributed by atoms with van der Waals surface area (Å²) in [6, 6.07) is 3.58. The molecule has 0 saturated carbocycles. The summed E-state index contributed by atoms with van der Waals surface area (Å²) in [6.45, 7) is 8.36. The van der Waals surface area contributed by atoms with Gasteiger partial charge in [-0.25, -0.2) is 19.7 Å². The lowest BCUT2D eigenvalue weighted by atomic mass is 10.2. The van der Waals surface area contributed by atoms with Gasteiger partial charge in [0.1, 0.15) is 27.3 Å². The molecule has 0 aromatic carbocycles. The van der Waals surface area contributed by atoms with E-state index < -0.39 is 11.7 Å². The fraction of sp³-hybridized carbons (Fsp3) is 0.421. The van der Waals surface area contributed by atoms with Crippen molar-refractivity contribution in [2.45, 2.75) is 26.4 Å². The molecule has 0 spiro atoms. The molecule has 0 atom stereocenters. The molecule has 0 unspecified atom stereocenters. The third-order valence-corrected chi connectivity index (χ3v) is 5.10. The van der Waals surface area contributed by atoms with Gasteiger partial charge >= 0.3 is 6.09 Å². The molecular formula is C19H22N6O3S. The van der Waals surface area contributed by atoms with Gasteiger partial charge in [-0.05, 0) is 32.9 Å². The summed E-state index contributed by atoms with van der Waals surface area (Å²) in [6.07, 6.45) is 2.63. The molecule has 152 valence electrons. The Morgan fingerprint density at radius 1 is 1.21 bits per heavy atom. The maximum Gasteiger partial charge on any atom is 0.412 e. The van der Waals surface area contributed by atoms with Crippen LogP contribution in [0.25, 0.3) is 21.0 Å². The Morgan fingerprint density at radius 3 is 2.69 bits per heavy atom. The van der Waals surface area contributed by atoms with Crippen LogP contribution in [0, 0.1) is 0 Å². The third-order valence-electron chi connectivity index (χ3n) is 4.11. The molecule has 1 N–H and O–H groups in total. The highest BCUT2D eigenvalue weighted by atomic mass is 32.1. The number of carbonyl (C=O) groups excluding carboxylic acids is 1. The molecule has 1 aliphatic heterocycles. The Morgan fingerprint density at radius 2 is 2.00 bits per heavy atom. The lowest BCUT2D eigenvalue weighted by Crippen LogP contribution is -2.36. The highest BCUT2D eigenvalue weighted by Gasteiger charge is 2.20. The standard InChI is InChI=1S/C19H22N6O3S/c1-19(2,3)28-18(26)23-12-4-5-13(20-10-12)16-24-14-15(21-11-22-17(14)29-16)25-6-8-27-9-7-25/h4-5,10-11H,6-9H2,1-3H3,(H,23,26). The fourth-order valence-corrected chi connectivity index (χ4v) is 3.75. The maximum atomic E-state index is 11.9. The van der Waals surface area contributed by atoms with E-state index in [9.17, 15) is 4.79 Å². The van der Waals surface area contributed by atoms with Crippen LogP contribution in [0.4, 0.5) is 16.3 Å². The topological polar surface area (TPSA) is 102 Å². The third kappa shape index (κ3) is 4.60. The quantitative estimate of drug-likeness (QED) is 0.696. The molecule has 1 saturated heterocycles. The number of morpholine rings is 1. The van der Waals surface area contributed by atoms with Crippen molar-refractivity contribution in [1.82, 2.24) is 19.9 Å². The summed E-state index contributed by atoms with van der Waals surface area (Å²) >= 11 is 1.46. The van der Waals surface area contributed by atoms with Crippen molar-refractivity contribution in [2.75, 3.05) is 36.5 Å². The van der Waals surface area contributed by atoms with E-state index in [1.807, 2.05) is 26.8 Å². The molecule has 29 heavy (non-hydrogen) atoms. The van der Waals surface area contributed by atoms with Crippen LogP contribution in [0.1, 0.15) is 20.8 Å². The number of anilines is 2. The number of amides is 1. The first-order valence-electron chi connectivity index (χ1n) is 9.30. The van der Waals surface area contributed by atoms with E-state index in [0.29, 0.717) is 24.6 Å². The average Bonchev–Trinajstić information content (AvgIpc) is 3.12. The molecule has 0 bridgehead atoms. The van der Waals surface area contributed by atoms with Gasteiger partial charge < -0.3 is 14.4 Å². The van der Waals surface area contributed by atoms with Crippen molar-refractivity contribution >= 4 is 39.3 Å². The van der Waals surface area contributed by atoms with Gasteiger partial charge in [0.05, 0.1) is 30.8 Å². The summed E-state index contributed by atoms with van der Waals surface area (Å²) in [5.74, 6) is 0.823. The number of aromatic nitrogens is 4. The van der Waals surface area contributed by atoms with E-state index in [1.54, 1.807) is 18.6 Å². The normalized spacial score (nSPS) is 14.8. The van der Waals surface area contributed by atoms with Crippen molar-refractivity contribution in [1.29, 1.82) is 0 Å². The smallest absolute Gasteiger partial charge is 0.412 e. The van der Waals surface area contributed by atoms with Crippen LogP contribution in [0.15, 0.2) is 24.7 Å². The van der Waals surface area contributed by atoms with Gasteiger partial charge in [0.15, 0.2) is 5.82 Å². The number of hydrogen-bond acceptors (Lipinski definition) is 9. The molecule has 10 heteroatoms. The number of pyridine rings is 1. The number of ether oxygens (including phenoxy) is 2. The van der Waals surface area contributed by atoms with E-state index in [-0.39, 0.29) is 0 Å². The minimum Gasteiger partial charge on any atom is -0.444 e. The summed E-state index contributed by atoms with van der Waals surface area (Å²) in [5.41, 5.74) is 1.47. The number of fused-ring (bicyclic) bond motifs is 1. The van der Waals surface area contributed by atoms with Crippen LogP contribution in [0.5, 0.6) is 0 Å². The van der Waals surface area contributed by atoms with Crippen LogP contribution in [0.2, 0.25) is 0 Å². The Bertz CT molecular complexity index is 1010. The zero-order valence-corrected chi connectivity index (χ0v) is 17.3. The van der Waals surface area contributed by atoms with Crippen molar-refractivity contribution < 1.29 is 14.3 Å². The second kappa shape index (κ2) is 7.88. The second-order valence-electron chi connectivity index (χ2n) is 7.53. The average molecular weight is 414 g/mol. The van der Waals surface area contributed by atoms with Gasteiger partial charge in [-0.15, -0.1) is 0 Å². The summed E-state index contributed by atoms with van der Waals surface area (Å²) in [5, 5.41) is 3.42. The highest BCUT2D eigenvalue weighted by molar-refractivity contribution is 7.21. The summed E-state index contributed by atoms with van der Waals surface area (Å²) < 4.78 is 10.7. The number of hydrogen-bond donors (Lipinski definition) is 1. The molecule has 9 nitrogen and oxygen atoms in total. The number of thiazole rings is 1. The van der Waals surface area contributed by atoms with Crippen LogP contribution in [-0.2, 0) is 9.47 Å². The zero-order valence-electron chi connectivity index (χ0n) is 16.5. The molecule has 1 aliphatic rings. The van der Waals surface area contributed by atoms with E-state index >= 15 is 0 Å². The van der Waals surface area contributed by atoms with Gasteiger partial charge in [-0.2, -0.15) is 0 Å². The first kappa shape index (κ1) is 19.5. The summed E-state index contributed by atoms with van der Waals surface area (Å²) in [7, 11) is 0. The van der Waals surface area contributed by atoms with Crippen molar-refractivity contribution in [3.05, 3.63) is 24.7 Å². The molecule has 3 aromatic heterocycles. The molecule has 0 aliphatic carbocycles. The van der Waals surface area contributed by atoms with E-state index in [0.717, 1.165) is 34.3 Å². The zero-order chi connectivity index (χ0) is 20.4. The lowest BCUT2D eigenvalue weighted by Gasteiger charge is -2.27. The van der Waals surface area contributed by atoms with Crippen LogP contribution >= 0.6 is 11.3 Å². The molecular weight excluding hydrogens is 392 g/mol. The van der Waals surface area contributed by atoms with Gasteiger partial charge in [-0.1, -0.05) is 11.3 Å². The van der Waals surface area contributed by atoms with Crippen LogP contribution in [0.3, 0.4) is 0 Å². The molecule has 1 fully saturated rings. The number of carbonyl (C=O) groups is 1. The van der Waals surface area contributed by atoms with Gasteiger partial charge in [-0.3, -0.25) is 10.3 Å². The molecule has 4 heterocycles. The van der Waals surface area contributed by atoms with Crippen LogP contribution in [-0.4, -0.2) is 57.9 Å². The Balaban J connectivity index is 1.55. The summed E-state index contributed by atoms with van der Waals surface area (Å²) in [4.78, 5) is 32.8. The number of nitrogens with zero attached hydrogens (tertiary/aromatic N) is 5. The van der Waals surface area contributed by atoms with Crippen LogP contribution < -0.4 is 10.2 Å². The van der Waals surface area contributed by atoms with Gasteiger partial charge in [0.2, 0.25) is 0 Å². The van der Waals surface area contributed by atoms with Crippen molar-refractivity contribution in [3.8, 4) is 10.7 Å². The SMILES string of the molecule is CC(C)(C)OC(=O)Nc1ccc(-c2nc3c(N4CCOCC4)ncnc3s2)nc1. The monoisotopic (exact) mass is 414 g/mol. The number of nitrogens with one attached hydrogen (secondary N) is 1. The second-order valence-corrected chi connectivity index (χ2v) is 8.51. The minimum absolute atomic E-state index is 0.516. The van der Waals surface area contributed by atoms with E-state index in [2.05, 4.69) is 25.2 Å². The molecule has 4 rings (SSSR count). The predicted molar refractivity (Wildman–Crippen MR) is 111 cm³/mol. The Labute approximate surface area is 172 Å². The predicted octanol–water partition coefficient (Wildman–Crippen LogP) is 3.33.